The van der Waals surface area contributed by atoms with Crippen LogP contribution in [0.4, 0.5) is 13.2 Å². The summed E-state index contributed by atoms with van der Waals surface area (Å²) in [7, 11) is 0. The molecule has 1 aliphatic rings. The maximum absolute atomic E-state index is 12.7. The van der Waals surface area contributed by atoms with Gasteiger partial charge in [0.1, 0.15) is 0 Å². The summed E-state index contributed by atoms with van der Waals surface area (Å²) < 4.78 is 43.5. The number of hydrogen-bond acceptors (Lipinski definition) is 3. The van der Waals surface area contributed by atoms with E-state index in [1.807, 2.05) is 0 Å². The lowest BCUT2D eigenvalue weighted by atomic mass is 10.1. The second-order valence-electron chi connectivity index (χ2n) is 4.91. The number of amides is 1. The molecule has 1 amide bonds. The number of ether oxygens (including phenoxy) is 1. The highest BCUT2D eigenvalue weighted by Gasteiger charge is 2.31. The van der Waals surface area contributed by atoms with Gasteiger partial charge in [0, 0.05) is 31.8 Å². The Morgan fingerprint density at radius 3 is 2.77 bits per heavy atom. The SMILES string of the molecule is Cl.NC[C@H]1CN(C(=O)c2cccc(C(F)(F)F)c2)CCCO1. The lowest BCUT2D eigenvalue weighted by molar-refractivity contribution is -0.137. The van der Waals surface area contributed by atoms with E-state index in [9.17, 15) is 18.0 Å². The Kier molecular flexibility index (Phi) is 6.65. The number of carbonyl (C=O) groups excluding carboxylic acids is 1. The fraction of sp³-hybridized carbons (Fsp3) is 0.500. The molecule has 2 N–H and O–H groups in total. The van der Waals surface area contributed by atoms with Gasteiger partial charge in [0.25, 0.3) is 5.91 Å². The lowest BCUT2D eigenvalue weighted by Gasteiger charge is -2.23. The molecule has 0 aromatic heterocycles. The van der Waals surface area contributed by atoms with E-state index >= 15 is 0 Å². The van der Waals surface area contributed by atoms with Crippen LogP contribution in [0.3, 0.4) is 0 Å². The van der Waals surface area contributed by atoms with Crippen molar-refractivity contribution in [3.8, 4) is 0 Å². The van der Waals surface area contributed by atoms with Crippen LogP contribution >= 0.6 is 12.4 Å². The quantitative estimate of drug-likeness (QED) is 0.900. The molecule has 8 heteroatoms. The number of benzene rings is 1. The van der Waals surface area contributed by atoms with Crippen molar-refractivity contribution in [2.75, 3.05) is 26.2 Å². The van der Waals surface area contributed by atoms with Gasteiger partial charge in [-0.3, -0.25) is 4.79 Å². The van der Waals surface area contributed by atoms with E-state index in [0.29, 0.717) is 26.1 Å². The molecular formula is C14H18ClF3N2O2. The Bertz CT molecular complexity index is 511. The molecule has 22 heavy (non-hydrogen) atoms. The van der Waals surface area contributed by atoms with Crippen molar-refractivity contribution in [3.05, 3.63) is 35.4 Å². The number of rotatable bonds is 2. The summed E-state index contributed by atoms with van der Waals surface area (Å²) in [5, 5.41) is 0. The standard InChI is InChI=1S/C14H17F3N2O2.ClH/c15-14(16,17)11-4-1-3-10(7-11)13(20)19-5-2-6-21-12(8-18)9-19;/h1,3-4,7,12H,2,5-6,8-9,18H2;1H/t12-;/m0./s1. The first-order chi connectivity index (χ1) is 9.91. The first kappa shape index (κ1) is 18.7. The normalized spacial score (nSPS) is 19.3. The third-order valence-corrected chi connectivity index (χ3v) is 3.34. The van der Waals surface area contributed by atoms with Crippen LogP contribution in [0, 0.1) is 0 Å². The summed E-state index contributed by atoms with van der Waals surface area (Å²) in [4.78, 5) is 13.9. The molecule has 0 spiro atoms. The molecule has 1 saturated heterocycles. The van der Waals surface area contributed by atoms with Crippen molar-refractivity contribution < 1.29 is 22.7 Å². The van der Waals surface area contributed by atoms with Crippen molar-refractivity contribution in [2.24, 2.45) is 5.73 Å². The molecule has 0 aliphatic carbocycles. The Balaban J connectivity index is 0.00000242. The largest absolute Gasteiger partial charge is 0.416 e. The predicted octanol–water partition coefficient (Wildman–Crippen LogP) is 2.32. The topological polar surface area (TPSA) is 55.6 Å². The number of hydrogen-bond donors (Lipinski definition) is 1. The van der Waals surface area contributed by atoms with Gasteiger partial charge in [-0.25, -0.2) is 0 Å². The van der Waals surface area contributed by atoms with Crippen molar-refractivity contribution in [2.45, 2.75) is 18.7 Å². The van der Waals surface area contributed by atoms with Crippen molar-refractivity contribution in [1.82, 2.24) is 4.90 Å². The Labute approximate surface area is 132 Å². The van der Waals surface area contributed by atoms with Gasteiger partial charge in [-0.1, -0.05) is 6.07 Å². The third kappa shape index (κ3) is 4.59. The number of alkyl halides is 3. The highest BCUT2D eigenvalue weighted by Crippen LogP contribution is 2.29. The summed E-state index contributed by atoms with van der Waals surface area (Å²) in [6.07, 6.45) is -4.10. The molecule has 1 aromatic carbocycles. The smallest absolute Gasteiger partial charge is 0.375 e. The van der Waals surface area contributed by atoms with Gasteiger partial charge >= 0.3 is 6.18 Å². The molecule has 1 aromatic rings. The van der Waals surface area contributed by atoms with Crippen LogP contribution in [0.25, 0.3) is 0 Å². The van der Waals surface area contributed by atoms with E-state index < -0.39 is 17.6 Å². The average Bonchev–Trinajstić information content (AvgIpc) is 2.71. The van der Waals surface area contributed by atoms with Crippen LogP contribution in [0.15, 0.2) is 24.3 Å². The van der Waals surface area contributed by atoms with Gasteiger partial charge in [-0.2, -0.15) is 13.2 Å². The molecule has 4 nitrogen and oxygen atoms in total. The van der Waals surface area contributed by atoms with Crippen molar-refractivity contribution in [1.29, 1.82) is 0 Å². The number of halogens is 4. The van der Waals surface area contributed by atoms with Crippen LogP contribution in [-0.2, 0) is 10.9 Å². The Morgan fingerprint density at radius 2 is 2.14 bits per heavy atom. The van der Waals surface area contributed by atoms with Gasteiger partial charge in [-0.05, 0) is 24.6 Å². The number of nitrogens with zero attached hydrogens (tertiary/aromatic N) is 1. The van der Waals surface area contributed by atoms with Gasteiger partial charge in [0.2, 0.25) is 0 Å². The van der Waals surface area contributed by atoms with E-state index in [2.05, 4.69) is 0 Å². The van der Waals surface area contributed by atoms with Crippen molar-refractivity contribution in [3.63, 3.8) is 0 Å². The monoisotopic (exact) mass is 338 g/mol. The highest BCUT2D eigenvalue weighted by molar-refractivity contribution is 5.94. The maximum Gasteiger partial charge on any atom is 0.416 e. The first-order valence-electron chi connectivity index (χ1n) is 6.70. The first-order valence-corrected chi connectivity index (χ1v) is 6.70. The van der Waals surface area contributed by atoms with E-state index in [0.717, 1.165) is 12.1 Å². The van der Waals surface area contributed by atoms with Crippen LogP contribution in [0.5, 0.6) is 0 Å². The molecule has 124 valence electrons. The second-order valence-corrected chi connectivity index (χ2v) is 4.91. The molecule has 1 heterocycles. The highest BCUT2D eigenvalue weighted by atomic mass is 35.5. The average molecular weight is 339 g/mol. The molecule has 1 fully saturated rings. The zero-order valence-electron chi connectivity index (χ0n) is 11.8. The molecule has 0 saturated carbocycles. The Hall–Kier alpha value is -1.31. The molecule has 2 rings (SSSR count). The van der Waals surface area contributed by atoms with Gasteiger partial charge in [0.15, 0.2) is 0 Å². The zero-order valence-corrected chi connectivity index (χ0v) is 12.6. The van der Waals surface area contributed by atoms with Crippen LogP contribution in [-0.4, -0.2) is 43.2 Å². The van der Waals surface area contributed by atoms with Crippen molar-refractivity contribution >= 4 is 18.3 Å². The minimum atomic E-state index is -4.46. The maximum atomic E-state index is 12.7. The minimum Gasteiger partial charge on any atom is -0.375 e. The van der Waals surface area contributed by atoms with Crippen LogP contribution in [0.1, 0.15) is 22.3 Å². The fourth-order valence-electron chi connectivity index (χ4n) is 2.23. The number of carbonyl (C=O) groups is 1. The summed E-state index contributed by atoms with van der Waals surface area (Å²) in [5.74, 6) is -0.426. The second kappa shape index (κ2) is 7.80. The van der Waals surface area contributed by atoms with E-state index in [-0.39, 0.29) is 30.6 Å². The fourth-order valence-corrected chi connectivity index (χ4v) is 2.23. The predicted molar refractivity (Wildman–Crippen MR) is 78.0 cm³/mol. The number of nitrogens with two attached hydrogens (primary N) is 1. The van der Waals surface area contributed by atoms with E-state index in [4.69, 9.17) is 10.5 Å². The van der Waals surface area contributed by atoms with Gasteiger partial charge < -0.3 is 15.4 Å². The molecule has 0 radical (unpaired) electrons. The summed E-state index contributed by atoms with van der Waals surface area (Å²) in [6, 6.07) is 4.46. The van der Waals surface area contributed by atoms with Crippen LogP contribution < -0.4 is 5.73 Å². The molecule has 0 unspecified atom stereocenters. The molecular weight excluding hydrogens is 321 g/mol. The lowest BCUT2D eigenvalue weighted by Crippen LogP contribution is -2.39. The summed E-state index contributed by atoms with van der Waals surface area (Å²) in [6.45, 7) is 1.51. The Morgan fingerprint density at radius 1 is 1.41 bits per heavy atom. The van der Waals surface area contributed by atoms with Gasteiger partial charge in [-0.15, -0.1) is 12.4 Å². The van der Waals surface area contributed by atoms with Gasteiger partial charge in [0.05, 0.1) is 11.7 Å². The third-order valence-electron chi connectivity index (χ3n) is 3.34. The summed E-state index contributed by atoms with van der Waals surface area (Å²) >= 11 is 0. The molecule has 1 atom stereocenters. The summed E-state index contributed by atoms with van der Waals surface area (Å²) in [5.41, 5.74) is 4.75. The molecule has 1 aliphatic heterocycles. The minimum absolute atomic E-state index is 0. The van der Waals surface area contributed by atoms with E-state index in [1.165, 1.54) is 17.0 Å². The van der Waals surface area contributed by atoms with E-state index in [1.54, 1.807) is 0 Å². The zero-order chi connectivity index (χ0) is 15.5. The molecule has 0 bridgehead atoms. The van der Waals surface area contributed by atoms with Crippen LogP contribution in [0.2, 0.25) is 0 Å².